The highest BCUT2D eigenvalue weighted by atomic mass is 79.9. The summed E-state index contributed by atoms with van der Waals surface area (Å²) in [5, 5.41) is 4.20. The summed E-state index contributed by atoms with van der Waals surface area (Å²) in [6, 6.07) is 11.0. The van der Waals surface area contributed by atoms with E-state index in [0.717, 1.165) is 11.8 Å². The quantitative estimate of drug-likeness (QED) is 0.654. The van der Waals surface area contributed by atoms with E-state index in [0.29, 0.717) is 11.4 Å². The monoisotopic (exact) mass is 439 g/mol. The molecule has 26 heavy (non-hydrogen) atoms. The molecule has 0 saturated carbocycles. The molecule has 0 atom stereocenters. The van der Waals surface area contributed by atoms with Crippen LogP contribution in [0.15, 0.2) is 58.0 Å². The van der Waals surface area contributed by atoms with Gasteiger partial charge in [-0.15, -0.1) is 0 Å². The van der Waals surface area contributed by atoms with Gasteiger partial charge in [-0.25, -0.2) is 17.5 Å². The summed E-state index contributed by atoms with van der Waals surface area (Å²) in [6.07, 6.45) is 1.62. The summed E-state index contributed by atoms with van der Waals surface area (Å²) < 4.78 is 49.2. The first-order chi connectivity index (χ1) is 12.3. The van der Waals surface area contributed by atoms with Gasteiger partial charge in [0.15, 0.2) is 11.6 Å². The van der Waals surface area contributed by atoms with E-state index >= 15 is 0 Å². The predicted molar refractivity (Wildman–Crippen MR) is 99.8 cm³/mol. The van der Waals surface area contributed by atoms with Crippen molar-refractivity contribution in [3.8, 4) is 11.4 Å². The van der Waals surface area contributed by atoms with Crippen LogP contribution in [-0.4, -0.2) is 25.3 Å². The number of aryl methyl sites for hydroxylation is 1. The Morgan fingerprint density at radius 3 is 2.62 bits per heavy atom. The van der Waals surface area contributed by atoms with Crippen LogP contribution in [0.5, 0.6) is 5.75 Å². The molecule has 0 aliphatic heterocycles. The first kappa shape index (κ1) is 18.4. The number of anilines is 1. The summed E-state index contributed by atoms with van der Waals surface area (Å²) >= 11 is 3.11. The van der Waals surface area contributed by atoms with Gasteiger partial charge in [0.25, 0.3) is 10.0 Å². The minimum Gasteiger partial charge on any atom is -0.492 e. The zero-order chi connectivity index (χ0) is 18.9. The van der Waals surface area contributed by atoms with E-state index < -0.39 is 15.8 Å². The van der Waals surface area contributed by atoms with Crippen LogP contribution in [0, 0.1) is 12.7 Å². The van der Waals surface area contributed by atoms with E-state index in [4.69, 9.17) is 4.74 Å². The molecule has 0 bridgehead atoms. The van der Waals surface area contributed by atoms with Gasteiger partial charge < -0.3 is 4.74 Å². The Bertz CT molecular complexity index is 1070. The fourth-order valence-corrected chi connectivity index (χ4v) is 4.36. The van der Waals surface area contributed by atoms with Gasteiger partial charge in [0.2, 0.25) is 0 Å². The number of para-hydroxylation sites is 2. The van der Waals surface area contributed by atoms with Crippen LogP contribution in [0.2, 0.25) is 0 Å². The molecule has 1 aromatic heterocycles. The largest absolute Gasteiger partial charge is 0.492 e. The van der Waals surface area contributed by atoms with Crippen LogP contribution in [0.4, 0.5) is 10.1 Å². The average molecular weight is 440 g/mol. The number of rotatable bonds is 5. The highest BCUT2D eigenvalue weighted by molar-refractivity contribution is 9.10. The van der Waals surface area contributed by atoms with Gasteiger partial charge >= 0.3 is 0 Å². The maximum absolute atomic E-state index is 14.1. The number of hydrogen-bond acceptors (Lipinski definition) is 4. The second-order valence-corrected chi connectivity index (χ2v) is 7.99. The van der Waals surface area contributed by atoms with Crippen molar-refractivity contribution in [3.63, 3.8) is 0 Å². The van der Waals surface area contributed by atoms with Gasteiger partial charge in [0, 0.05) is 16.4 Å². The maximum Gasteiger partial charge on any atom is 0.265 e. The molecule has 1 N–H and O–H groups in total. The Labute approximate surface area is 158 Å². The number of nitrogens with one attached hydrogen (secondary N) is 1. The van der Waals surface area contributed by atoms with E-state index in [-0.39, 0.29) is 15.1 Å². The minimum absolute atomic E-state index is 0.285. The molecule has 1 heterocycles. The number of halogens is 2. The highest BCUT2D eigenvalue weighted by Gasteiger charge is 2.24. The van der Waals surface area contributed by atoms with Gasteiger partial charge in [-0.3, -0.25) is 4.72 Å². The van der Waals surface area contributed by atoms with Crippen LogP contribution in [0.25, 0.3) is 5.69 Å². The fourth-order valence-electron chi connectivity index (χ4n) is 2.50. The Kier molecular flexibility index (Phi) is 5.01. The normalized spacial score (nSPS) is 11.4. The maximum atomic E-state index is 14.1. The Hall–Kier alpha value is -2.39. The van der Waals surface area contributed by atoms with Gasteiger partial charge in [0.05, 0.1) is 18.5 Å². The third-order valence-corrected chi connectivity index (χ3v) is 5.51. The molecule has 9 heteroatoms. The van der Waals surface area contributed by atoms with E-state index in [2.05, 4.69) is 25.8 Å². The van der Waals surface area contributed by atoms with Crippen molar-refractivity contribution >= 4 is 31.6 Å². The van der Waals surface area contributed by atoms with E-state index in [9.17, 15) is 12.8 Å². The number of hydrogen-bond donors (Lipinski definition) is 1. The predicted octanol–water partition coefficient (Wildman–Crippen LogP) is 3.89. The van der Waals surface area contributed by atoms with Crippen LogP contribution < -0.4 is 9.46 Å². The van der Waals surface area contributed by atoms with Gasteiger partial charge in [0.1, 0.15) is 4.90 Å². The third kappa shape index (κ3) is 3.45. The number of methoxy groups -OCH3 is 1. The molecule has 0 fully saturated rings. The van der Waals surface area contributed by atoms with E-state index in [1.807, 2.05) is 6.92 Å². The lowest BCUT2D eigenvalue weighted by Gasteiger charge is -2.15. The van der Waals surface area contributed by atoms with Gasteiger partial charge in [-0.1, -0.05) is 28.1 Å². The molecule has 0 amide bonds. The smallest absolute Gasteiger partial charge is 0.265 e. The fraction of sp³-hybridized carbons (Fsp3) is 0.118. The van der Waals surface area contributed by atoms with Crippen molar-refractivity contribution in [2.75, 3.05) is 11.8 Å². The second kappa shape index (κ2) is 7.08. The lowest BCUT2D eigenvalue weighted by Crippen LogP contribution is -2.16. The molecule has 0 radical (unpaired) electrons. The first-order valence-electron chi connectivity index (χ1n) is 7.49. The minimum atomic E-state index is -4.11. The van der Waals surface area contributed by atoms with E-state index in [1.54, 1.807) is 41.2 Å². The van der Waals surface area contributed by atoms with Crippen LogP contribution in [0.1, 0.15) is 5.69 Å². The standard InChI is InChI=1S/C17H15BrFN3O3S/c1-11-7-8-20-22(11)15-6-4-3-5-14(15)21-26(23,24)16-10-12(18)9-13(19)17(16)25-2/h3-10,21H,1-2H3. The summed E-state index contributed by atoms with van der Waals surface area (Å²) in [7, 11) is -2.90. The summed E-state index contributed by atoms with van der Waals surface area (Å²) in [5.74, 6) is -1.13. The lowest BCUT2D eigenvalue weighted by atomic mass is 10.2. The van der Waals surface area contributed by atoms with Gasteiger partial charge in [-0.05, 0) is 37.3 Å². The number of nitrogens with zero attached hydrogens (tertiary/aromatic N) is 2. The van der Waals surface area contributed by atoms with Crippen molar-refractivity contribution in [2.24, 2.45) is 0 Å². The summed E-state index contributed by atoms with van der Waals surface area (Å²) in [5.41, 5.74) is 1.69. The molecule has 0 saturated heterocycles. The van der Waals surface area contributed by atoms with Crippen molar-refractivity contribution < 1.29 is 17.5 Å². The number of aromatic nitrogens is 2. The Morgan fingerprint density at radius 2 is 1.96 bits per heavy atom. The zero-order valence-electron chi connectivity index (χ0n) is 13.9. The van der Waals surface area contributed by atoms with Crippen LogP contribution in [-0.2, 0) is 10.0 Å². The van der Waals surface area contributed by atoms with Crippen LogP contribution >= 0.6 is 15.9 Å². The molecule has 0 unspecified atom stereocenters. The SMILES string of the molecule is COc1c(F)cc(Br)cc1S(=O)(=O)Nc1ccccc1-n1nccc1C. The highest BCUT2D eigenvalue weighted by Crippen LogP contribution is 2.33. The molecule has 2 aromatic carbocycles. The molecule has 0 aliphatic rings. The van der Waals surface area contributed by atoms with Crippen molar-refractivity contribution in [2.45, 2.75) is 11.8 Å². The summed E-state index contributed by atoms with van der Waals surface area (Å²) in [6.45, 7) is 1.85. The van der Waals surface area contributed by atoms with Crippen molar-refractivity contribution in [1.29, 1.82) is 0 Å². The molecular formula is C17H15BrFN3O3S. The Balaban J connectivity index is 2.09. The summed E-state index contributed by atoms with van der Waals surface area (Å²) in [4.78, 5) is -0.307. The molecule has 136 valence electrons. The molecule has 3 aromatic rings. The van der Waals surface area contributed by atoms with Gasteiger partial charge in [-0.2, -0.15) is 5.10 Å². The van der Waals surface area contributed by atoms with Crippen molar-refractivity contribution in [3.05, 3.63) is 64.6 Å². The number of ether oxygens (including phenoxy) is 1. The van der Waals surface area contributed by atoms with Crippen molar-refractivity contribution in [1.82, 2.24) is 9.78 Å². The molecule has 3 rings (SSSR count). The Morgan fingerprint density at radius 1 is 1.23 bits per heavy atom. The number of sulfonamides is 1. The zero-order valence-corrected chi connectivity index (χ0v) is 16.3. The molecule has 6 nitrogen and oxygen atoms in total. The van der Waals surface area contributed by atoms with Crippen LogP contribution in [0.3, 0.4) is 0 Å². The second-order valence-electron chi connectivity index (χ2n) is 5.43. The molecule has 0 aliphatic carbocycles. The topological polar surface area (TPSA) is 73.2 Å². The number of benzene rings is 2. The molecule has 0 spiro atoms. The average Bonchev–Trinajstić information content (AvgIpc) is 3.00. The first-order valence-corrected chi connectivity index (χ1v) is 9.77. The molecular weight excluding hydrogens is 425 g/mol. The van der Waals surface area contributed by atoms with E-state index in [1.165, 1.54) is 13.2 Å². The lowest BCUT2D eigenvalue weighted by molar-refractivity contribution is 0.374. The third-order valence-electron chi connectivity index (χ3n) is 3.68.